The van der Waals surface area contributed by atoms with E-state index in [4.69, 9.17) is 4.74 Å². The molecule has 0 aromatic heterocycles. The van der Waals surface area contributed by atoms with Gasteiger partial charge in [-0.05, 0) is 25.0 Å². The Morgan fingerprint density at radius 1 is 1.04 bits per heavy atom. The number of nitrogens with zero attached hydrogens (tertiary/aromatic N) is 2. The van der Waals surface area contributed by atoms with Gasteiger partial charge in [-0.1, -0.05) is 32.0 Å². The maximum atomic E-state index is 12.6. The second kappa shape index (κ2) is 8.97. The molecule has 1 heterocycles. The number of ether oxygens (including phenoxy) is 1. The highest BCUT2D eigenvalue weighted by atomic mass is 32.2. The summed E-state index contributed by atoms with van der Waals surface area (Å²) in [5.41, 5.74) is 0. The first kappa shape index (κ1) is 18.6. The summed E-state index contributed by atoms with van der Waals surface area (Å²) in [6.45, 7) is 8.58. The zero-order chi connectivity index (χ0) is 17.5. The minimum absolute atomic E-state index is 0.124. The number of thioether (sulfide) groups is 1. The van der Waals surface area contributed by atoms with Gasteiger partial charge in [-0.25, -0.2) is 4.79 Å². The number of benzene rings is 1. The Hall–Kier alpha value is -1.69. The summed E-state index contributed by atoms with van der Waals surface area (Å²) in [5, 5.41) is -0.133. The van der Waals surface area contributed by atoms with E-state index >= 15 is 0 Å². The third-order valence-electron chi connectivity index (χ3n) is 3.79. The van der Waals surface area contributed by atoms with Crippen LogP contribution in [-0.4, -0.2) is 59.8 Å². The third-order valence-corrected chi connectivity index (χ3v) is 4.89. The molecule has 1 aliphatic heterocycles. The number of carbonyl (C=O) groups is 2. The van der Waals surface area contributed by atoms with E-state index in [1.54, 1.807) is 16.7 Å². The average Bonchev–Trinajstić information content (AvgIpc) is 2.60. The molecule has 0 N–H and O–H groups in total. The highest BCUT2D eigenvalue weighted by Gasteiger charge is 2.28. The van der Waals surface area contributed by atoms with Crippen molar-refractivity contribution in [2.24, 2.45) is 5.92 Å². The van der Waals surface area contributed by atoms with E-state index in [2.05, 4.69) is 0 Å². The molecule has 2 rings (SSSR count). The van der Waals surface area contributed by atoms with Gasteiger partial charge in [-0.15, -0.1) is 11.8 Å². The summed E-state index contributed by atoms with van der Waals surface area (Å²) in [6.07, 6.45) is -0.275. The average molecular weight is 350 g/mol. The number of rotatable bonds is 5. The molecule has 24 heavy (non-hydrogen) atoms. The largest absolute Gasteiger partial charge is 0.449 e. The molecule has 132 valence electrons. The molecule has 1 aliphatic rings. The van der Waals surface area contributed by atoms with Crippen molar-refractivity contribution in [1.82, 2.24) is 9.80 Å². The molecule has 5 nitrogen and oxygen atoms in total. The van der Waals surface area contributed by atoms with Crippen molar-refractivity contribution in [3.8, 4) is 0 Å². The quantitative estimate of drug-likeness (QED) is 0.766. The molecule has 1 fully saturated rings. The summed E-state index contributed by atoms with van der Waals surface area (Å²) in [4.78, 5) is 29.1. The Morgan fingerprint density at radius 3 is 2.21 bits per heavy atom. The Kier molecular flexibility index (Phi) is 6.97. The van der Waals surface area contributed by atoms with Gasteiger partial charge in [-0.3, -0.25) is 4.79 Å². The van der Waals surface area contributed by atoms with E-state index in [9.17, 15) is 9.59 Å². The molecule has 1 saturated heterocycles. The van der Waals surface area contributed by atoms with Crippen LogP contribution in [0.5, 0.6) is 0 Å². The molecule has 1 aromatic carbocycles. The molecule has 0 radical (unpaired) electrons. The second-order valence-electron chi connectivity index (χ2n) is 6.36. The zero-order valence-electron chi connectivity index (χ0n) is 14.6. The van der Waals surface area contributed by atoms with Crippen LogP contribution in [0.4, 0.5) is 4.79 Å². The lowest BCUT2D eigenvalue weighted by molar-refractivity contribution is -0.131. The molecular weight excluding hydrogens is 324 g/mol. The SMILES string of the molecule is CC(C)COC(=O)N1CCN(C(=O)C(C)Sc2ccccc2)CC1. The van der Waals surface area contributed by atoms with Crippen molar-refractivity contribution >= 4 is 23.8 Å². The molecule has 1 unspecified atom stereocenters. The van der Waals surface area contributed by atoms with Crippen molar-refractivity contribution in [3.05, 3.63) is 30.3 Å². The lowest BCUT2D eigenvalue weighted by Gasteiger charge is -2.35. The fourth-order valence-electron chi connectivity index (χ4n) is 2.45. The Balaban J connectivity index is 1.78. The smallest absolute Gasteiger partial charge is 0.409 e. The van der Waals surface area contributed by atoms with Gasteiger partial charge < -0.3 is 14.5 Å². The highest BCUT2D eigenvalue weighted by molar-refractivity contribution is 8.00. The molecule has 0 spiro atoms. The monoisotopic (exact) mass is 350 g/mol. The van der Waals surface area contributed by atoms with Crippen molar-refractivity contribution in [1.29, 1.82) is 0 Å². The van der Waals surface area contributed by atoms with Gasteiger partial charge in [0, 0.05) is 31.1 Å². The number of hydrogen-bond donors (Lipinski definition) is 0. The first-order valence-electron chi connectivity index (χ1n) is 8.39. The predicted molar refractivity (Wildman–Crippen MR) is 96.1 cm³/mol. The predicted octanol–water partition coefficient (Wildman–Crippen LogP) is 3.10. The van der Waals surface area contributed by atoms with Crippen LogP contribution in [0.1, 0.15) is 20.8 Å². The van der Waals surface area contributed by atoms with Gasteiger partial charge in [0.2, 0.25) is 5.91 Å². The maximum absolute atomic E-state index is 12.6. The molecule has 0 saturated carbocycles. The minimum Gasteiger partial charge on any atom is -0.449 e. The van der Waals surface area contributed by atoms with E-state index < -0.39 is 0 Å². The van der Waals surface area contributed by atoms with Crippen LogP contribution in [0.2, 0.25) is 0 Å². The zero-order valence-corrected chi connectivity index (χ0v) is 15.4. The van der Waals surface area contributed by atoms with Gasteiger partial charge in [-0.2, -0.15) is 0 Å². The van der Waals surface area contributed by atoms with Gasteiger partial charge in [0.15, 0.2) is 0 Å². The molecular formula is C18H26N2O3S. The summed E-state index contributed by atoms with van der Waals surface area (Å²) in [5.74, 6) is 0.451. The maximum Gasteiger partial charge on any atom is 0.409 e. The number of carbonyl (C=O) groups excluding carboxylic acids is 2. The standard InChI is InChI=1S/C18H26N2O3S/c1-14(2)13-23-18(22)20-11-9-19(10-12-20)17(21)15(3)24-16-7-5-4-6-8-16/h4-8,14-15H,9-13H2,1-3H3. The van der Waals surface area contributed by atoms with Crippen LogP contribution in [0, 0.1) is 5.92 Å². The van der Waals surface area contributed by atoms with Crippen LogP contribution in [0.3, 0.4) is 0 Å². The lowest BCUT2D eigenvalue weighted by Crippen LogP contribution is -2.52. The van der Waals surface area contributed by atoms with Crippen molar-refractivity contribution in [3.63, 3.8) is 0 Å². The Morgan fingerprint density at radius 2 is 1.62 bits per heavy atom. The second-order valence-corrected chi connectivity index (χ2v) is 7.77. The van der Waals surface area contributed by atoms with Crippen molar-refractivity contribution in [2.45, 2.75) is 30.9 Å². The third kappa shape index (κ3) is 5.44. The Bertz CT molecular complexity index is 542. The summed E-state index contributed by atoms with van der Waals surface area (Å²) in [7, 11) is 0. The molecule has 0 aliphatic carbocycles. The number of piperazine rings is 1. The number of hydrogen-bond acceptors (Lipinski definition) is 4. The lowest BCUT2D eigenvalue weighted by atomic mass is 10.2. The van der Waals surface area contributed by atoms with E-state index in [0.717, 1.165) is 4.90 Å². The van der Waals surface area contributed by atoms with Crippen LogP contribution >= 0.6 is 11.8 Å². The fraction of sp³-hybridized carbons (Fsp3) is 0.556. The van der Waals surface area contributed by atoms with Crippen LogP contribution in [0.15, 0.2) is 35.2 Å². The normalized spacial score (nSPS) is 16.2. The van der Waals surface area contributed by atoms with E-state index in [1.807, 2.05) is 56.0 Å². The summed E-state index contributed by atoms with van der Waals surface area (Å²) in [6, 6.07) is 9.94. The minimum atomic E-state index is -0.275. The van der Waals surface area contributed by atoms with E-state index in [-0.39, 0.29) is 17.3 Å². The van der Waals surface area contributed by atoms with Gasteiger partial charge in [0.25, 0.3) is 0 Å². The molecule has 2 amide bonds. The molecule has 0 bridgehead atoms. The topological polar surface area (TPSA) is 49.9 Å². The number of amides is 2. The Labute approximate surface area is 148 Å². The summed E-state index contributed by atoms with van der Waals surface area (Å²) >= 11 is 1.57. The van der Waals surface area contributed by atoms with Gasteiger partial charge in [0.05, 0.1) is 11.9 Å². The van der Waals surface area contributed by atoms with Gasteiger partial charge >= 0.3 is 6.09 Å². The highest BCUT2D eigenvalue weighted by Crippen LogP contribution is 2.24. The first-order valence-corrected chi connectivity index (χ1v) is 9.27. The molecule has 6 heteroatoms. The van der Waals surface area contributed by atoms with E-state index in [0.29, 0.717) is 38.7 Å². The van der Waals surface area contributed by atoms with Crippen molar-refractivity contribution < 1.29 is 14.3 Å². The van der Waals surface area contributed by atoms with Crippen molar-refractivity contribution in [2.75, 3.05) is 32.8 Å². The van der Waals surface area contributed by atoms with Crippen LogP contribution in [0.25, 0.3) is 0 Å². The van der Waals surface area contributed by atoms with Crippen LogP contribution in [-0.2, 0) is 9.53 Å². The van der Waals surface area contributed by atoms with E-state index in [1.165, 1.54) is 0 Å². The fourth-order valence-corrected chi connectivity index (χ4v) is 3.42. The first-order chi connectivity index (χ1) is 11.5. The molecule has 1 aromatic rings. The van der Waals surface area contributed by atoms with Gasteiger partial charge in [0.1, 0.15) is 0 Å². The van der Waals surface area contributed by atoms with Crippen LogP contribution < -0.4 is 0 Å². The summed E-state index contributed by atoms with van der Waals surface area (Å²) < 4.78 is 5.24. The molecule has 1 atom stereocenters.